The van der Waals surface area contributed by atoms with Crippen LogP contribution in [0.5, 0.6) is 11.5 Å². The molecule has 0 saturated carbocycles. The van der Waals surface area contributed by atoms with Crippen LogP contribution in [0.2, 0.25) is 0 Å². The lowest BCUT2D eigenvalue weighted by atomic mass is 10.1. The molecular weight excluding hydrogens is 422 g/mol. The second kappa shape index (κ2) is 12.6. The Kier molecular flexibility index (Phi) is 9.50. The highest BCUT2D eigenvalue weighted by Crippen LogP contribution is 2.23. The molecule has 0 aliphatic rings. The molecule has 2 rings (SSSR count). The largest absolute Gasteiger partial charge is 0.507 e. The summed E-state index contributed by atoms with van der Waals surface area (Å²) in [5.41, 5.74) is -0.0779. The molecule has 0 aliphatic carbocycles. The Morgan fingerprint density at radius 2 is 1.91 bits per heavy atom. The summed E-state index contributed by atoms with van der Waals surface area (Å²) < 4.78 is 10.3. The van der Waals surface area contributed by atoms with Crippen molar-refractivity contribution >= 4 is 23.9 Å². The average molecular weight is 447 g/mol. The molecule has 2 aromatic rings. The average Bonchev–Trinajstić information content (AvgIpc) is 2.78. The minimum absolute atomic E-state index is 0.0779. The molecule has 172 valence electrons. The number of hydrogen-bond acceptors (Lipinski definition) is 9. The fraction of sp³-hybridized carbons (Fsp3) is 0.350. The Hall–Kier alpha value is -4.09. The topological polar surface area (TPSA) is 172 Å². The number of alkyl carbamates (subject to hydrolysis) is 1. The molecule has 1 atom stereocenters. The summed E-state index contributed by atoms with van der Waals surface area (Å²) in [5, 5.41) is 26.8. The molecule has 32 heavy (non-hydrogen) atoms. The first-order chi connectivity index (χ1) is 15.4. The van der Waals surface area contributed by atoms with Crippen LogP contribution < -0.4 is 20.7 Å². The third-order valence-electron chi connectivity index (χ3n) is 3.93. The SMILES string of the molecule is CCCOC(=O)N[C@@H](CNC(=O)c1ccc(OCCNc2ncccn2)cc1O)C(=O)O. The number of phenols is 1. The van der Waals surface area contributed by atoms with E-state index >= 15 is 0 Å². The maximum atomic E-state index is 12.3. The van der Waals surface area contributed by atoms with Gasteiger partial charge in [0.05, 0.1) is 18.7 Å². The maximum absolute atomic E-state index is 12.3. The summed E-state index contributed by atoms with van der Waals surface area (Å²) in [6.45, 7) is 2.20. The van der Waals surface area contributed by atoms with E-state index in [1.165, 1.54) is 18.2 Å². The van der Waals surface area contributed by atoms with Crippen molar-refractivity contribution in [3.8, 4) is 11.5 Å². The number of anilines is 1. The second-order valence-corrected chi connectivity index (χ2v) is 6.41. The van der Waals surface area contributed by atoms with Gasteiger partial charge in [-0.05, 0) is 24.6 Å². The number of ether oxygens (including phenoxy) is 2. The van der Waals surface area contributed by atoms with Gasteiger partial charge >= 0.3 is 12.1 Å². The Bertz CT molecular complexity index is 910. The number of carboxylic acid groups (broad SMARTS) is 1. The van der Waals surface area contributed by atoms with Crippen LogP contribution in [-0.4, -0.2) is 70.5 Å². The van der Waals surface area contributed by atoms with E-state index in [2.05, 4.69) is 25.9 Å². The van der Waals surface area contributed by atoms with E-state index < -0.39 is 30.6 Å². The first-order valence-electron chi connectivity index (χ1n) is 9.81. The fourth-order valence-electron chi connectivity index (χ4n) is 2.38. The Labute approximate surface area is 184 Å². The van der Waals surface area contributed by atoms with E-state index in [1.54, 1.807) is 25.4 Å². The van der Waals surface area contributed by atoms with Crippen LogP contribution in [0.3, 0.4) is 0 Å². The molecule has 0 fully saturated rings. The van der Waals surface area contributed by atoms with E-state index in [9.17, 15) is 24.6 Å². The van der Waals surface area contributed by atoms with Crippen LogP contribution in [0.1, 0.15) is 23.7 Å². The molecule has 0 aliphatic heterocycles. The molecule has 2 amide bonds. The number of benzene rings is 1. The van der Waals surface area contributed by atoms with Gasteiger partial charge in [0.1, 0.15) is 24.1 Å². The first kappa shape index (κ1) is 24.2. The summed E-state index contributed by atoms with van der Waals surface area (Å²) >= 11 is 0. The van der Waals surface area contributed by atoms with Crippen molar-refractivity contribution in [3.63, 3.8) is 0 Å². The van der Waals surface area contributed by atoms with Crippen LogP contribution in [-0.2, 0) is 9.53 Å². The molecule has 1 heterocycles. The molecule has 0 radical (unpaired) electrons. The van der Waals surface area contributed by atoms with Crippen molar-refractivity contribution in [2.75, 3.05) is 31.6 Å². The number of phenolic OH excluding ortho intramolecular Hbond substituents is 1. The lowest BCUT2D eigenvalue weighted by molar-refractivity contribution is -0.139. The first-order valence-corrected chi connectivity index (χ1v) is 9.81. The lowest BCUT2D eigenvalue weighted by Crippen LogP contribution is -2.48. The van der Waals surface area contributed by atoms with Crippen molar-refractivity contribution in [2.24, 2.45) is 0 Å². The Morgan fingerprint density at radius 3 is 2.56 bits per heavy atom. The van der Waals surface area contributed by atoms with Crippen LogP contribution >= 0.6 is 0 Å². The van der Waals surface area contributed by atoms with E-state index in [0.717, 1.165) is 0 Å². The smallest absolute Gasteiger partial charge is 0.407 e. The third kappa shape index (κ3) is 7.97. The van der Waals surface area contributed by atoms with Gasteiger partial charge in [-0.25, -0.2) is 19.6 Å². The minimum atomic E-state index is -1.39. The Balaban J connectivity index is 1.83. The highest BCUT2D eigenvalue weighted by atomic mass is 16.5. The van der Waals surface area contributed by atoms with Gasteiger partial charge in [-0.15, -0.1) is 0 Å². The van der Waals surface area contributed by atoms with Crippen LogP contribution in [0.25, 0.3) is 0 Å². The van der Waals surface area contributed by atoms with E-state index in [1.807, 2.05) is 0 Å². The summed E-state index contributed by atoms with van der Waals surface area (Å²) in [6, 6.07) is 4.40. The number of aromatic nitrogens is 2. The zero-order valence-corrected chi connectivity index (χ0v) is 17.4. The van der Waals surface area contributed by atoms with Gasteiger partial charge in [0.15, 0.2) is 0 Å². The fourth-order valence-corrected chi connectivity index (χ4v) is 2.38. The molecule has 1 aromatic heterocycles. The van der Waals surface area contributed by atoms with Gasteiger partial charge in [0.25, 0.3) is 5.91 Å². The number of carbonyl (C=O) groups is 3. The number of hydrogen-bond donors (Lipinski definition) is 5. The molecule has 12 heteroatoms. The van der Waals surface area contributed by atoms with Gasteiger partial charge in [0.2, 0.25) is 5.95 Å². The van der Waals surface area contributed by atoms with E-state index in [-0.39, 0.29) is 24.5 Å². The number of nitrogens with zero attached hydrogens (tertiary/aromatic N) is 2. The molecule has 1 aromatic carbocycles. The van der Waals surface area contributed by atoms with Gasteiger partial charge < -0.3 is 35.6 Å². The molecule has 5 N–H and O–H groups in total. The van der Waals surface area contributed by atoms with Gasteiger partial charge in [-0.2, -0.15) is 0 Å². The van der Waals surface area contributed by atoms with Crippen molar-refractivity contribution in [1.82, 2.24) is 20.6 Å². The molecule has 0 bridgehead atoms. The van der Waals surface area contributed by atoms with Crippen LogP contribution in [0, 0.1) is 0 Å². The highest BCUT2D eigenvalue weighted by molar-refractivity contribution is 5.97. The molecule has 0 spiro atoms. The zero-order chi connectivity index (χ0) is 23.3. The predicted molar refractivity (Wildman–Crippen MR) is 113 cm³/mol. The van der Waals surface area contributed by atoms with Gasteiger partial charge in [-0.3, -0.25) is 4.79 Å². The molecule has 0 unspecified atom stereocenters. The number of amides is 2. The molecule has 0 saturated heterocycles. The molecule has 12 nitrogen and oxygen atoms in total. The maximum Gasteiger partial charge on any atom is 0.407 e. The van der Waals surface area contributed by atoms with Gasteiger partial charge in [-0.1, -0.05) is 6.92 Å². The summed E-state index contributed by atoms with van der Waals surface area (Å²) in [5.74, 6) is -1.62. The second-order valence-electron chi connectivity index (χ2n) is 6.41. The number of aromatic hydroxyl groups is 1. The lowest BCUT2D eigenvalue weighted by Gasteiger charge is -2.15. The van der Waals surface area contributed by atoms with Crippen LogP contribution in [0.15, 0.2) is 36.7 Å². The number of aliphatic carboxylic acids is 1. The van der Waals surface area contributed by atoms with Gasteiger partial charge in [0, 0.05) is 25.0 Å². The monoisotopic (exact) mass is 447 g/mol. The molecular formula is C20H25N5O7. The van der Waals surface area contributed by atoms with Crippen molar-refractivity contribution in [1.29, 1.82) is 0 Å². The van der Waals surface area contributed by atoms with Crippen molar-refractivity contribution < 1.29 is 34.1 Å². The Morgan fingerprint density at radius 1 is 1.16 bits per heavy atom. The number of carboxylic acids is 1. The summed E-state index contributed by atoms with van der Waals surface area (Å²) in [6.07, 6.45) is 2.89. The van der Waals surface area contributed by atoms with E-state index in [4.69, 9.17) is 9.47 Å². The van der Waals surface area contributed by atoms with Crippen molar-refractivity contribution in [3.05, 3.63) is 42.2 Å². The normalized spacial score (nSPS) is 11.2. The quantitative estimate of drug-likeness (QED) is 0.295. The van der Waals surface area contributed by atoms with Crippen molar-refractivity contribution in [2.45, 2.75) is 19.4 Å². The minimum Gasteiger partial charge on any atom is -0.507 e. The number of carbonyl (C=O) groups excluding carboxylic acids is 2. The van der Waals surface area contributed by atoms with Crippen LogP contribution in [0.4, 0.5) is 10.7 Å². The number of rotatable bonds is 12. The standard InChI is InChI=1S/C20H25N5O7/c1-2-9-32-20(30)25-15(18(28)29)12-24-17(27)14-5-4-13(11-16(14)26)31-10-8-23-19-21-6-3-7-22-19/h3-7,11,15,26H,2,8-10,12H2,1H3,(H,24,27)(H,25,30)(H,28,29)(H,21,22,23)/t15-/m0/s1. The number of nitrogens with one attached hydrogen (secondary N) is 3. The van der Waals surface area contributed by atoms with E-state index in [0.29, 0.717) is 24.7 Å². The third-order valence-corrected chi connectivity index (χ3v) is 3.93. The predicted octanol–water partition coefficient (Wildman–Crippen LogP) is 0.992. The zero-order valence-electron chi connectivity index (χ0n) is 17.4. The summed E-state index contributed by atoms with van der Waals surface area (Å²) in [4.78, 5) is 43.1. The summed E-state index contributed by atoms with van der Waals surface area (Å²) in [7, 11) is 0. The highest BCUT2D eigenvalue weighted by Gasteiger charge is 2.22.